The Morgan fingerprint density at radius 3 is 2.34 bits per heavy atom. The maximum atomic E-state index is 5.87. The second kappa shape index (κ2) is 10.3. The van der Waals surface area contributed by atoms with Crippen LogP contribution in [0.3, 0.4) is 0 Å². The highest BCUT2D eigenvalue weighted by atomic mass is 35.5. The molecule has 29 heavy (non-hydrogen) atoms. The van der Waals surface area contributed by atoms with Crippen molar-refractivity contribution in [1.29, 1.82) is 0 Å². The van der Waals surface area contributed by atoms with Crippen molar-refractivity contribution in [1.82, 2.24) is 14.7 Å². The summed E-state index contributed by atoms with van der Waals surface area (Å²) < 4.78 is 23.6. The lowest BCUT2D eigenvalue weighted by molar-refractivity contribution is 0.196. The van der Waals surface area contributed by atoms with Gasteiger partial charge >= 0.3 is 0 Å². The van der Waals surface area contributed by atoms with Crippen LogP contribution in [0.5, 0.6) is 17.2 Å². The van der Waals surface area contributed by atoms with E-state index in [2.05, 4.69) is 5.10 Å². The van der Waals surface area contributed by atoms with E-state index in [9.17, 15) is 0 Å². The summed E-state index contributed by atoms with van der Waals surface area (Å²) in [6.45, 7) is 1.88. The summed E-state index contributed by atoms with van der Waals surface area (Å²) in [4.78, 5) is 2.33. The Labute approximate surface area is 179 Å². The molecular formula is C20H22ClN3O4S. The van der Waals surface area contributed by atoms with Gasteiger partial charge in [-0.15, -0.1) is 5.10 Å². The monoisotopic (exact) mass is 435 g/mol. The Kier molecular flexibility index (Phi) is 7.51. The third kappa shape index (κ3) is 6.49. The minimum absolute atomic E-state index is 0.187. The molecule has 0 unspecified atom stereocenters. The van der Waals surface area contributed by atoms with Gasteiger partial charge in [-0.1, -0.05) is 11.6 Å². The largest absolute Gasteiger partial charge is 0.497 e. The van der Waals surface area contributed by atoms with Crippen LogP contribution in [-0.2, 0) is 13.3 Å². The Hall–Kier alpha value is -2.55. The molecule has 0 N–H and O–H groups in total. The maximum absolute atomic E-state index is 5.87. The molecule has 0 spiro atoms. The highest BCUT2D eigenvalue weighted by Crippen LogP contribution is 2.18. The van der Waals surface area contributed by atoms with Crippen LogP contribution in [0.25, 0.3) is 0 Å². The molecule has 2 aromatic carbocycles. The standard InChI is InChI=1S/C20H22ClN3O4S/c1-23(11-12-26-17-5-3-15(21)4-6-17)14-24-20(29)28-19(22-24)13-27-18-9-7-16(25-2)8-10-18/h3-10H,11-14H2,1-2H3. The fourth-order valence-corrected chi connectivity index (χ4v) is 2.78. The molecule has 0 bridgehead atoms. The van der Waals surface area contributed by atoms with Crippen LogP contribution < -0.4 is 14.2 Å². The summed E-state index contributed by atoms with van der Waals surface area (Å²) >= 11 is 11.1. The molecule has 0 fully saturated rings. The molecule has 0 radical (unpaired) electrons. The number of halogens is 1. The molecule has 0 saturated heterocycles. The van der Waals surface area contributed by atoms with E-state index in [1.54, 1.807) is 23.9 Å². The summed E-state index contributed by atoms with van der Waals surface area (Å²) in [5.74, 6) is 2.65. The minimum Gasteiger partial charge on any atom is -0.497 e. The average molecular weight is 436 g/mol. The Bertz CT molecular complexity index is 957. The first-order valence-electron chi connectivity index (χ1n) is 8.94. The Morgan fingerprint density at radius 1 is 1.03 bits per heavy atom. The summed E-state index contributed by atoms with van der Waals surface area (Å²) in [6, 6.07) is 14.6. The maximum Gasteiger partial charge on any atom is 0.288 e. The lowest BCUT2D eigenvalue weighted by Crippen LogP contribution is -2.27. The fourth-order valence-electron chi connectivity index (χ4n) is 2.46. The quantitative estimate of drug-likeness (QED) is 0.437. The number of hydrogen-bond donors (Lipinski definition) is 0. The third-order valence-electron chi connectivity index (χ3n) is 4.00. The second-order valence-electron chi connectivity index (χ2n) is 6.25. The zero-order valence-corrected chi connectivity index (χ0v) is 17.8. The molecule has 9 heteroatoms. The molecule has 3 aromatic rings. The predicted molar refractivity (Wildman–Crippen MR) is 112 cm³/mol. The van der Waals surface area contributed by atoms with Crippen LogP contribution in [-0.4, -0.2) is 42.0 Å². The minimum atomic E-state index is 0.187. The molecule has 154 valence electrons. The second-order valence-corrected chi connectivity index (χ2v) is 7.03. The average Bonchev–Trinajstić information content (AvgIpc) is 3.07. The van der Waals surface area contributed by atoms with Gasteiger partial charge in [0.2, 0.25) is 0 Å². The van der Waals surface area contributed by atoms with E-state index in [0.717, 1.165) is 11.5 Å². The lowest BCUT2D eigenvalue weighted by atomic mass is 10.3. The summed E-state index contributed by atoms with van der Waals surface area (Å²) in [5.41, 5.74) is 0. The number of benzene rings is 2. The fraction of sp³-hybridized carbons (Fsp3) is 0.300. The van der Waals surface area contributed by atoms with Crippen molar-refractivity contribution >= 4 is 23.8 Å². The van der Waals surface area contributed by atoms with Crippen LogP contribution in [0.4, 0.5) is 0 Å². The van der Waals surface area contributed by atoms with Crippen molar-refractivity contribution in [2.24, 2.45) is 0 Å². The van der Waals surface area contributed by atoms with Gasteiger partial charge < -0.3 is 18.6 Å². The molecule has 0 saturated carbocycles. The highest BCUT2D eigenvalue weighted by molar-refractivity contribution is 7.71. The molecule has 7 nitrogen and oxygen atoms in total. The number of likely N-dealkylation sites (N-methyl/N-ethyl adjacent to an activating group) is 1. The molecule has 3 rings (SSSR count). The van der Waals surface area contributed by atoms with Crippen molar-refractivity contribution < 1.29 is 18.6 Å². The summed E-state index contributed by atoms with van der Waals surface area (Å²) in [7, 11) is 3.57. The van der Waals surface area contributed by atoms with Gasteiger partial charge in [0.1, 0.15) is 23.9 Å². The molecule has 0 aliphatic rings. The van der Waals surface area contributed by atoms with Crippen LogP contribution in [0, 0.1) is 4.84 Å². The number of nitrogens with zero attached hydrogens (tertiary/aromatic N) is 3. The normalized spacial score (nSPS) is 10.9. The van der Waals surface area contributed by atoms with Gasteiger partial charge in [0.15, 0.2) is 6.61 Å². The molecule has 0 atom stereocenters. The molecular weight excluding hydrogens is 414 g/mol. The van der Waals surface area contributed by atoms with E-state index < -0.39 is 0 Å². The van der Waals surface area contributed by atoms with Crippen LogP contribution in [0.1, 0.15) is 5.89 Å². The van der Waals surface area contributed by atoms with Gasteiger partial charge in [-0.3, -0.25) is 4.90 Å². The van der Waals surface area contributed by atoms with Crippen LogP contribution in [0.2, 0.25) is 5.02 Å². The van der Waals surface area contributed by atoms with Gasteiger partial charge in [0.25, 0.3) is 10.7 Å². The topological polar surface area (TPSA) is 61.9 Å². The van der Waals surface area contributed by atoms with E-state index in [1.165, 1.54) is 0 Å². The van der Waals surface area contributed by atoms with Gasteiger partial charge in [-0.2, -0.15) is 0 Å². The predicted octanol–water partition coefficient (Wildman–Crippen LogP) is 4.41. The van der Waals surface area contributed by atoms with Crippen molar-refractivity contribution in [3.8, 4) is 17.2 Å². The van der Waals surface area contributed by atoms with Gasteiger partial charge in [-0.25, -0.2) is 4.68 Å². The smallest absolute Gasteiger partial charge is 0.288 e. The molecule has 0 aliphatic heterocycles. The first-order valence-corrected chi connectivity index (χ1v) is 9.72. The van der Waals surface area contributed by atoms with E-state index in [-0.39, 0.29) is 6.61 Å². The summed E-state index contributed by atoms with van der Waals surface area (Å²) in [5, 5.41) is 5.06. The summed E-state index contributed by atoms with van der Waals surface area (Å²) in [6.07, 6.45) is 0. The third-order valence-corrected chi connectivity index (χ3v) is 4.55. The number of ether oxygens (including phenoxy) is 3. The first kappa shape index (κ1) is 21.2. The van der Waals surface area contributed by atoms with E-state index in [4.69, 9.17) is 42.4 Å². The zero-order chi connectivity index (χ0) is 20.6. The van der Waals surface area contributed by atoms with E-state index >= 15 is 0 Å². The van der Waals surface area contributed by atoms with E-state index in [0.29, 0.717) is 41.3 Å². The highest BCUT2D eigenvalue weighted by Gasteiger charge is 2.09. The Morgan fingerprint density at radius 2 is 1.66 bits per heavy atom. The van der Waals surface area contributed by atoms with Crippen molar-refractivity contribution in [3.63, 3.8) is 0 Å². The van der Waals surface area contributed by atoms with Crippen molar-refractivity contribution in [2.75, 3.05) is 27.3 Å². The van der Waals surface area contributed by atoms with Gasteiger partial charge in [-0.05, 0) is 67.8 Å². The van der Waals surface area contributed by atoms with E-state index in [1.807, 2.05) is 48.3 Å². The zero-order valence-electron chi connectivity index (χ0n) is 16.2. The molecule has 0 amide bonds. The lowest BCUT2D eigenvalue weighted by Gasteiger charge is -2.16. The van der Waals surface area contributed by atoms with Crippen molar-refractivity contribution in [2.45, 2.75) is 13.3 Å². The number of methoxy groups -OCH3 is 1. The van der Waals surface area contributed by atoms with Crippen LogP contribution >= 0.6 is 23.8 Å². The number of aromatic nitrogens is 2. The Balaban J connectivity index is 1.46. The van der Waals surface area contributed by atoms with Gasteiger partial charge in [0.05, 0.1) is 13.8 Å². The molecule has 1 heterocycles. The molecule has 1 aromatic heterocycles. The number of hydrogen-bond acceptors (Lipinski definition) is 7. The number of rotatable bonds is 10. The SMILES string of the molecule is COc1ccc(OCc2nn(CN(C)CCOc3ccc(Cl)cc3)c(=S)o2)cc1. The van der Waals surface area contributed by atoms with Crippen molar-refractivity contribution in [3.05, 3.63) is 64.3 Å². The van der Waals surface area contributed by atoms with Crippen LogP contribution in [0.15, 0.2) is 52.9 Å². The van der Waals surface area contributed by atoms with Gasteiger partial charge in [0, 0.05) is 11.6 Å². The molecule has 0 aliphatic carbocycles. The first-order chi connectivity index (χ1) is 14.0.